The van der Waals surface area contributed by atoms with Gasteiger partial charge in [0.15, 0.2) is 5.76 Å². The Kier molecular flexibility index (Phi) is 4.88. The van der Waals surface area contributed by atoms with E-state index in [0.717, 1.165) is 16.7 Å². The molecule has 0 N–H and O–H groups in total. The van der Waals surface area contributed by atoms with Gasteiger partial charge < -0.3 is 9.15 Å². The van der Waals surface area contributed by atoms with Gasteiger partial charge in [0.25, 0.3) is 0 Å². The van der Waals surface area contributed by atoms with E-state index in [0.29, 0.717) is 21.8 Å². The van der Waals surface area contributed by atoms with Gasteiger partial charge in [-0.1, -0.05) is 54.1 Å². The molecule has 0 amide bonds. The summed E-state index contributed by atoms with van der Waals surface area (Å²) in [7, 11) is 0. The summed E-state index contributed by atoms with van der Waals surface area (Å²) in [6, 6.07) is 18.5. The molecule has 0 unspecified atom stereocenters. The largest absolute Gasteiger partial charge is 0.481 e. The van der Waals surface area contributed by atoms with Gasteiger partial charge in [-0.15, -0.1) is 0 Å². The average molecular weight is 395 g/mol. The number of aryl methyl sites for hydroxylation is 1. The van der Waals surface area contributed by atoms with Crippen molar-refractivity contribution in [3.63, 3.8) is 0 Å². The maximum Gasteiger partial charge on any atom is 0.235 e. The van der Waals surface area contributed by atoms with E-state index in [1.165, 1.54) is 12.1 Å². The highest BCUT2D eigenvalue weighted by molar-refractivity contribution is 6.32. The third-order valence-electron chi connectivity index (χ3n) is 4.46. The Morgan fingerprint density at radius 3 is 2.46 bits per heavy atom. The SMILES string of the molecule is Cc1cc2oc(-c3ccccc3)c(OCc3ccc(F)cc3)c(=O)c2cc1Cl. The third-order valence-corrected chi connectivity index (χ3v) is 4.87. The van der Waals surface area contributed by atoms with Crippen molar-refractivity contribution in [2.24, 2.45) is 0 Å². The first-order valence-corrected chi connectivity index (χ1v) is 9.10. The molecule has 0 spiro atoms. The molecule has 1 heterocycles. The van der Waals surface area contributed by atoms with E-state index in [1.807, 2.05) is 37.3 Å². The van der Waals surface area contributed by atoms with Crippen molar-refractivity contribution in [1.82, 2.24) is 0 Å². The quantitative estimate of drug-likeness (QED) is 0.417. The van der Waals surface area contributed by atoms with Crippen LogP contribution < -0.4 is 10.2 Å². The Balaban J connectivity index is 1.86. The van der Waals surface area contributed by atoms with E-state index >= 15 is 0 Å². The lowest BCUT2D eigenvalue weighted by Crippen LogP contribution is -2.10. The second-order valence-corrected chi connectivity index (χ2v) is 6.88. The number of ether oxygens (including phenoxy) is 1. The predicted octanol–water partition coefficient (Wildman–Crippen LogP) is 6.14. The summed E-state index contributed by atoms with van der Waals surface area (Å²) in [6.07, 6.45) is 0. The molecule has 0 atom stereocenters. The maximum atomic E-state index is 13.2. The summed E-state index contributed by atoms with van der Waals surface area (Å²) in [5.74, 6) is 0.119. The molecule has 0 saturated heterocycles. The second-order valence-electron chi connectivity index (χ2n) is 6.47. The van der Waals surface area contributed by atoms with Crippen molar-refractivity contribution >= 4 is 22.6 Å². The van der Waals surface area contributed by atoms with E-state index in [-0.39, 0.29) is 23.6 Å². The Morgan fingerprint density at radius 2 is 1.75 bits per heavy atom. The molecule has 4 aromatic rings. The minimum Gasteiger partial charge on any atom is -0.481 e. The summed E-state index contributed by atoms with van der Waals surface area (Å²) < 4.78 is 25.0. The van der Waals surface area contributed by atoms with Crippen molar-refractivity contribution in [3.05, 3.63) is 98.9 Å². The van der Waals surface area contributed by atoms with Crippen molar-refractivity contribution in [2.45, 2.75) is 13.5 Å². The molecule has 1 aromatic heterocycles. The van der Waals surface area contributed by atoms with Gasteiger partial charge in [-0.25, -0.2) is 4.39 Å². The number of hydrogen-bond donors (Lipinski definition) is 0. The summed E-state index contributed by atoms with van der Waals surface area (Å²) in [5.41, 5.74) is 2.42. The molecule has 0 bridgehead atoms. The summed E-state index contributed by atoms with van der Waals surface area (Å²) in [5, 5.41) is 0.834. The normalized spacial score (nSPS) is 11.0. The topological polar surface area (TPSA) is 39.4 Å². The lowest BCUT2D eigenvalue weighted by Gasteiger charge is -2.12. The summed E-state index contributed by atoms with van der Waals surface area (Å²) in [4.78, 5) is 13.2. The molecule has 140 valence electrons. The van der Waals surface area contributed by atoms with Crippen LogP contribution in [-0.2, 0) is 6.61 Å². The van der Waals surface area contributed by atoms with E-state index in [4.69, 9.17) is 20.8 Å². The van der Waals surface area contributed by atoms with Crippen molar-refractivity contribution in [3.8, 4) is 17.1 Å². The van der Waals surface area contributed by atoms with Crippen molar-refractivity contribution < 1.29 is 13.5 Å². The van der Waals surface area contributed by atoms with Crippen LogP contribution in [0.4, 0.5) is 4.39 Å². The Morgan fingerprint density at radius 1 is 1.04 bits per heavy atom. The molecular formula is C23H16ClFO3. The zero-order valence-corrected chi connectivity index (χ0v) is 15.8. The first-order chi connectivity index (χ1) is 13.5. The van der Waals surface area contributed by atoms with E-state index in [2.05, 4.69) is 0 Å². The van der Waals surface area contributed by atoms with Crippen LogP contribution in [0.25, 0.3) is 22.3 Å². The molecular weight excluding hydrogens is 379 g/mol. The lowest BCUT2D eigenvalue weighted by atomic mass is 10.1. The summed E-state index contributed by atoms with van der Waals surface area (Å²) in [6.45, 7) is 1.96. The van der Waals surface area contributed by atoms with E-state index < -0.39 is 0 Å². The van der Waals surface area contributed by atoms with Crippen molar-refractivity contribution in [1.29, 1.82) is 0 Å². The van der Waals surface area contributed by atoms with E-state index in [9.17, 15) is 9.18 Å². The number of rotatable bonds is 4. The monoisotopic (exact) mass is 394 g/mol. The zero-order chi connectivity index (χ0) is 19.7. The van der Waals surface area contributed by atoms with Gasteiger partial charge in [-0.3, -0.25) is 4.79 Å². The van der Waals surface area contributed by atoms with Gasteiger partial charge >= 0.3 is 0 Å². The minimum atomic E-state index is -0.330. The molecule has 28 heavy (non-hydrogen) atoms. The van der Waals surface area contributed by atoms with Crippen LogP contribution in [0.15, 0.2) is 75.9 Å². The van der Waals surface area contributed by atoms with Gasteiger partial charge in [-0.2, -0.15) is 0 Å². The molecule has 0 saturated carbocycles. The van der Waals surface area contributed by atoms with Gasteiger partial charge in [0.2, 0.25) is 11.2 Å². The van der Waals surface area contributed by atoms with Crippen molar-refractivity contribution in [2.75, 3.05) is 0 Å². The standard InChI is InChI=1S/C23H16ClFO3/c1-14-11-20-18(12-19(14)24)21(26)23(22(28-20)16-5-3-2-4-6-16)27-13-15-7-9-17(25)10-8-15/h2-12H,13H2,1H3. The molecule has 4 rings (SSSR count). The number of halogens is 2. The van der Waals surface area contributed by atoms with Gasteiger partial charge in [-0.05, 0) is 42.3 Å². The van der Waals surface area contributed by atoms with Gasteiger partial charge in [0, 0.05) is 10.6 Å². The molecule has 0 aliphatic rings. The highest BCUT2D eigenvalue weighted by Gasteiger charge is 2.18. The maximum absolute atomic E-state index is 13.2. The fourth-order valence-electron chi connectivity index (χ4n) is 2.95. The van der Waals surface area contributed by atoms with Crippen LogP contribution >= 0.6 is 11.6 Å². The lowest BCUT2D eigenvalue weighted by molar-refractivity contribution is 0.297. The molecule has 0 radical (unpaired) electrons. The minimum absolute atomic E-state index is 0.0999. The third kappa shape index (κ3) is 3.51. The van der Waals surface area contributed by atoms with E-state index in [1.54, 1.807) is 24.3 Å². The van der Waals surface area contributed by atoms with Crippen LogP contribution in [-0.4, -0.2) is 0 Å². The molecule has 0 aliphatic carbocycles. The Hall–Kier alpha value is -3.11. The Bertz CT molecular complexity index is 1200. The smallest absolute Gasteiger partial charge is 0.235 e. The van der Waals surface area contributed by atoms with Crippen LogP contribution in [0.5, 0.6) is 5.75 Å². The molecule has 5 heteroatoms. The highest BCUT2D eigenvalue weighted by Crippen LogP contribution is 2.33. The number of hydrogen-bond acceptors (Lipinski definition) is 3. The fraction of sp³-hybridized carbons (Fsp3) is 0.0870. The molecule has 3 aromatic carbocycles. The zero-order valence-electron chi connectivity index (χ0n) is 15.0. The highest BCUT2D eigenvalue weighted by atomic mass is 35.5. The fourth-order valence-corrected chi connectivity index (χ4v) is 3.11. The predicted molar refractivity (Wildman–Crippen MR) is 108 cm³/mol. The second kappa shape index (κ2) is 7.49. The van der Waals surface area contributed by atoms with Crippen LogP contribution in [0.1, 0.15) is 11.1 Å². The van der Waals surface area contributed by atoms with Crippen LogP contribution in [0.3, 0.4) is 0 Å². The first kappa shape index (κ1) is 18.3. The van der Waals surface area contributed by atoms with Crippen LogP contribution in [0.2, 0.25) is 5.02 Å². The first-order valence-electron chi connectivity index (χ1n) is 8.72. The number of fused-ring (bicyclic) bond motifs is 1. The van der Waals surface area contributed by atoms with Gasteiger partial charge in [0.1, 0.15) is 18.0 Å². The van der Waals surface area contributed by atoms with Gasteiger partial charge in [0.05, 0.1) is 5.39 Å². The summed E-state index contributed by atoms with van der Waals surface area (Å²) >= 11 is 6.20. The molecule has 0 fully saturated rings. The Labute approximate surface area is 166 Å². The molecule has 0 aliphatic heterocycles. The number of benzene rings is 3. The average Bonchev–Trinajstić information content (AvgIpc) is 2.71. The molecule has 3 nitrogen and oxygen atoms in total. The van der Waals surface area contributed by atoms with Crippen LogP contribution in [0, 0.1) is 12.7 Å².